The summed E-state index contributed by atoms with van der Waals surface area (Å²) in [5.41, 5.74) is 1.12. The van der Waals surface area contributed by atoms with Gasteiger partial charge in [0, 0.05) is 24.2 Å². The number of carbonyl (C=O) groups excluding carboxylic acids is 1. The molecule has 0 heterocycles. The number of halogens is 2. The molecule has 0 aliphatic carbocycles. The summed E-state index contributed by atoms with van der Waals surface area (Å²) < 4.78 is 32.5. The number of carbonyl (C=O) groups is 1. The van der Waals surface area contributed by atoms with Gasteiger partial charge in [-0.1, -0.05) is 29.3 Å². The molecule has 2 rings (SSSR count). The smallest absolute Gasteiger partial charge is 0.261 e. The number of sulfonamides is 1. The largest absolute Gasteiger partial charge is 0.383 e. The van der Waals surface area contributed by atoms with Gasteiger partial charge in [0.25, 0.3) is 15.9 Å². The standard InChI is InChI=1S/C17H18Cl2N2O4S/c1-11-3-5-13(10-14(11)17(22)20-7-8-25-2)26(23,24)21-16-6-4-12(18)9-15(16)19/h3-6,9-10,21H,7-8H2,1-2H3,(H,20,22). The van der Waals surface area contributed by atoms with Gasteiger partial charge in [-0.2, -0.15) is 0 Å². The Kier molecular flexibility index (Phi) is 6.88. The number of amides is 1. The highest BCUT2D eigenvalue weighted by Crippen LogP contribution is 2.28. The van der Waals surface area contributed by atoms with Gasteiger partial charge in [-0.05, 0) is 42.8 Å². The van der Waals surface area contributed by atoms with Crippen LogP contribution in [-0.2, 0) is 14.8 Å². The van der Waals surface area contributed by atoms with Gasteiger partial charge in [0.1, 0.15) is 0 Å². The molecular weight excluding hydrogens is 399 g/mol. The Labute approximate surface area is 162 Å². The lowest BCUT2D eigenvalue weighted by atomic mass is 10.1. The zero-order chi connectivity index (χ0) is 19.3. The molecule has 0 bridgehead atoms. The molecule has 0 radical (unpaired) electrons. The molecule has 0 aliphatic heterocycles. The molecule has 140 valence electrons. The Morgan fingerprint density at radius 3 is 2.54 bits per heavy atom. The molecule has 0 saturated carbocycles. The van der Waals surface area contributed by atoms with Gasteiger partial charge < -0.3 is 10.1 Å². The third-order valence-corrected chi connectivity index (χ3v) is 5.44. The average Bonchev–Trinajstić information content (AvgIpc) is 2.57. The molecule has 0 aliphatic rings. The number of hydrogen-bond donors (Lipinski definition) is 2. The molecule has 26 heavy (non-hydrogen) atoms. The molecule has 2 aromatic rings. The zero-order valence-electron chi connectivity index (χ0n) is 14.2. The van der Waals surface area contributed by atoms with E-state index >= 15 is 0 Å². The van der Waals surface area contributed by atoms with Crippen LogP contribution in [0.3, 0.4) is 0 Å². The fraction of sp³-hybridized carbons (Fsp3) is 0.235. The van der Waals surface area contributed by atoms with E-state index in [0.29, 0.717) is 23.7 Å². The van der Waals surface area contributed by atoms with Gasteiger partial charge in [-0.25, -0.2) is 8.42 Å². The monoisotopic (exact) mass is 416 g/mol. The van der Waals surface area contributed by atoms with Gasteiger partial charge in [-0.15, -0.1) is 0 Å². The minimum Gasteiger partial charge on any atom is -0.383 e. The van der Waals surface area contributed by atoms with Crippen molar-refractivity contribution in [1.29, 1.82) is 0 Å². The number of anilines is 1. The van der Waals surface area contributed by atoms with Crippen molar-refractivity contribution in [2.75, 3.05) is 25.0 Å². The van der Waals surface area contributed by atoms with E-state index in [0.717, 1.165) is 0 Å². The first-order chi connectivity index (χ1) is 12.2. The highest BCUT2D eigenvalue weighted by Gasteiger charge is 2.19. The highest BCUT2D eigenvalue weighted by atomic mass is 35.5. The first-order valence-corrected chi connectivity index (χ1v) is 9.84. The topological polar surface area (TPSA) is 84.5 Å². The Morgan fingerprint density at radius 2 is 1.88 bits per heavy atom. The maximum Gasteiger partial charge on any atom is 0.261 e. The third kappa shape index (κ3) is 5.11. The van der Waals surface area contributed by atoms with Gasteiger partial charge in [-0.3, -0.25) is 9.52 Å². The van der Waals surface area contributed by atoms with E-state index in [4.69, 9.17) is 27.9 Å². The van der Waals surface area contributed by atoms with E-state index in [1.54, 1.807) is 13.0 Å². The van der Waals surface area contributed by atoms with Crippen molar-refractivity contribution >= 4 is 44.8 Å². The van der Waals surface area contributed by atoms with E-state index in [1.807, 2.05) is 0 Å². The second kappa shape index (κ2) is 8.73. The molecular formula is C17H18Cl2N2O4S. The zero-order valence-corrected chi connectivity index (χ0v) is 16.5. The molecule has 2 aromatic carbocycles. The van der Waals surface area contributed by atoms with Gasteiger partial charge in [0.15, 0.2) is 0 Å². The summed E-state index contributed by atoms with van der Waals surface area (Å²) >= 11 is 11.8. The number of methoxy groups -OCH3 is 1. The summed E-state index contributed by atoms with van der Waals surface area (Å²) in [5.74, 6) is -0.374. The molecule has 0 aromatic heterocycles. The molecule has 0 unspecified atom stereocenters. The maximum absolute atomic E-state index is 12.6. The Morgan fingerprint density at radius 1 is 1.15 bits per heavy atom. The third-order valence-electron chi connectivity index (χ3n) is 3.53. The maximum atomic E-state index is 12.6. The average molecular weight is 417 g/mol. The van der Waals surface area contributed by atoms with Crippen molar-refractivity contribution in [3.8, 4) is 0 Å². The number of hydrogen-bond acceptors (Lipinski definition) is 4. The second-order valence-corrected chi connectivity index (χ2v) is 7.98. The number of aryl methyl sites for hydroxylation is 1. The summed E-state index contributed by atoms with van der Waals surface area (Å²) in [6.45, 7) is 2.41. The first-order valence-electron chi connectivity index (χ1n) is 7.60. The van der Waals surface area contributed by atoms with E-state index < -0.39 is 10.0 Å². The predicted octanol–water partition coefficient (Wildman–Crippen LogP) is 3.48. The lowest BCUT2D eigenvalue weighted by molar-refractivity contribution is 0.0936. The first kappa shape index (κ1) is 20.5. The highest BCUT2D eigenvalue weighted by molar-refractivity contribution is 7.92. The van der Waals surface area contributed by atoms with Crippen molar-refractivity contribution < 1.29 is 17.9 Å². The van der Waals surface area contributed by atoms with E-state index in [9.17, 15) is 13.2 Å². The van der Waals surface area contributed by atoms with Crippen molar-refractivity contribution in [3.05, 3.63) is 57.6 Å². The van der Waals surface area contributed by atoms with Crippen LogP contribution >= 0.6 is 23.2 Å². The van der Waals surface area contributed by atoms with Crippen LogP contribution < -0.4 is 10.0 Å². The van der Waals surface area contributed by atoms with Crippen LogP contribution in [0.25, 0.3) is 0 Å². The van der Waals surface area contributed by atoms with Crippen molar-refractivity contribution in [3.63, 3.8) is 0 Å². The molecule has 6 nitrogen and oxygen atoms in total. The summed E-state index contributed by atoms with van der Waals surface area (Å²) in [4.78, 5) is 12.2. The summed E-state index contributed by atoms with van der Waals surface area (Å²) in [6.07, 6.45) is 0. The number of nitrogens with one attached hydrogen (secondary N) is 2. The van der Waals surface area contributed by atoms with Gasteiger partial charge >= 0.3 is 0 Å². The quantitative estimate of drug-likeness (QED) is 0.676. The van der Waals surface area contributed by atoms with E-state index in [2.05, 4.69) is 10.0 Å². The fourth-order valence-corrected chi connectivity index (χ4v) is 3.77. The Bertz CT molecular complexity index is 917. The van der Waals surface area contributed by atoms with Crippen LogP contribution in [0.1, 0.15) is 15.9 Å². The van der Waals surface area contributed by atoms with Crippen molar-refractivity contribution in [1.82, 2.24) is 5.32 Å². The van der Waals surface area contributed by atoms with Crippen LogP contribution in [0.5, 0.6) is 0 Å². The lowest BCUT2D eigenvalue weighted by Crippen LogP contribution is -2.28. The molecule has 9 heteroatoms. The molecule has 1 amide bonds. The van der Waals surface area contributed by atoms with Crippen LogP contribution in [0.2, 0.25) is 10.0 Å². The van der Waals surface area contributed by atoms with Crippen molar-refractivity contribution in [2.45, 2.75) is 11.8 Å². The Balaban J connectivity index is 2.29. The summed E-state index contributed by atoms with van der Waals surface area (Å²) in [5, 5.41) is 3.23. The normalized spacial score (nSPS) is 11.2. The van der Waals surface area contributed by atoms with Crippen LogP contribution in [-0.4, -0.2) is 34.6 Å². The van der Waals surface area contributed by atoms with Crippen molar-refractivity contribution in [2.24, 2.45) is 0 Å². The fourth-order valence-electron chi connectivity index (χ4n) is 2.15. The lowest BCUT2D eigenvalue weighted by Gasteiger charge is -2.12. The number of benzene rings is 2. The van der Waals surface area contributed by atoms with E-state index in [-0.39, 0.29) is 27.1 Å². The summed E-state index contributed by atoms with van der Waals surface area (Å²) in [6, 6.07) is 8.75. The number of rotatable bonds is 7. The number of ether oxygens (including phenoxy) is 1. The van der Waals surface area contributed by atoms with Gasteiger partial charge in [0.05, 0.1) is 22.2 Å². The minimum atomic E-state index is -3.93. The second-order valence-electron chi connectivity index (χ2n) is 5.46. The van der Waals surface area contributed by atoms with Crippen LogP contribution in [0.4, 0.5) is 5.69 Å². The van der Waals surface area contributed by atoms with Gasteiger partial charge in [0.2, 0.25) is 0 Å². The molecule has 0 atom stereocenters. The molecule has 0 saturated heterocycles. The minimum absolute atomic E-state index is 0.0500. The molecule has 2 N–H and O–H groups in total. The SMILES string of the molecule is COCCNC(=O)c1cc(S(=O)(=O)Nc2ccc(Cl)cc2Cl)ccc1C. The van der Waals surface area contributed by atoms with Crippen LogP contribution in [0.15, 0.2) is 41.3 Å². The molecule has 0 fully saturated rings. The Hall–Kier alpha value is -1.80. The predicted molar refractivity (Wildman–Crippen MR) is 103 cm³/mol. The van der Waals surface area contributed by atoms with Crippen LogP contribution in [0, 0.1) is 6.92 Å². The summed E-state index contributed by atoms with van der Waals surface area (Å²) in [7, 11) is -2.40. The van der Waals surface area contributed by atoms with E-state index in [1.165, 1.54) is 37.4 Å². The molecule has 0 spiro atoms.